The monoisotopic (exact) mass is 281 g/mol. The van der Waals surface area contributed by atoms with E-state index in [4.69, 9.17) is 9.84 Å². The van der Waals surface area contributed by atoms with Crippen molar-refractivity contribution in [3.8, 4) is 0 Å². The van der Waals surface area contributed by atoms with Gasteiger partial charge >= 0.3 is 5.97 Å². The lowest BCUT2D eigenvalue weighted by Gasteiger charge is -2.22. The number of carboxylic acid groups (broad SMARTS) is 1. The lowest BCUT2D eigenvalue weighted by molar-refractivity contribution is -0.131. The van der Waals surface area contributed by atoms with Crippen molar-refractivity contribution < 1.29 is 19.4 Å². The van der Waals surface area contributed by atoms with Crippen LogP contribution in [0.4, 0.5) is 0 Å². The molecule has 1 aliphatic rings. The van der Waals surface area contributed by atoms with Crippen LogP contribution in [0.2, 0.25) is 0 Å². The number of rotatable bonds is 4. The number of hydrogen-bond donors (Lipinski definition) is 2. The lowest BCUT2D eigenvalue weighted by atomic mass is 10.1. The quantitative estimate of drug-likeness (QED) is 0.824. The molecule has 2 rings (SSSR count). The Labute approximate surface area is 114 Å². The first-order valence-electron chi connectivity index (χ1n) is 6.04. The standard InChI is InChI=1S/C13H15NO4S/c15-11(16)2-1-9-5-8-19-12(9)13(17)14-10-3-6-18-7-4-10/h1-2,5,8,10H,3-4,6-7H2,(H,14,17)(H,15,16)/b2-1+. The number of nitrogens with one attached hydrogen (secondary N) is 1. The average molecular weight is 281 g/mol. The van der Waals surface area contributed by atoms with Gasteiger partial charge in [0.15, 0.2) is 0 Å². The second-order valence-electron chi connectivity index (χ2n) is 4.24. The molecular weight excluding hydrogens is 266 g/mol. The normalized spacial score (nSPS) is 16.6. The Bertz CT molecular complexity index is 489. The summed E-state index contributed by atoms with van der Waals surface area (Å²) in [4.78, 5) is 23.2. The van der Waals surface area contributed by atoms with E-state index in [1.165, 1.54) is 17.4 Å². The van der Waals surface area contributed by atoms with Crippen molar-refractivity contribution in [2.24, 2.45) is 0 Å². The fourth-order valence-electron chi connectivity index (χ4n) is 1.89. The van der Waals surface area contributed by atoms with Gasteiger partial charge in [-0.1, -0.05) is 0 Å². The summed E-state index contributed by atoms with van der Waals surface area (Å²) >= 11 is 1.31. The molecule has 1 aromatic rings. The molecule has 1 saturated heterocycles. The smallest absolute Gasteiger partial charge is 0.328 e. The molecule has 2 N–H and O–H groups in total. The summed E-state index contributed by atoms with van der Waals surface area (Å²) in [6.45, 7) is 1.34. The molecule has 5 nitrogen and oxygen atoms in total. The van der Waals surface area contributed by atoms with Gasteiger partial charge in [0.05, 0.1) is 4.88 Å². The van der Waals surface area contributed by atoms with Crippen LogP contribution in [0.1, 0.15) is 28.1 Å². The van der Waals surface area contributed by atoms with Gasteiger partial charge in [-0.25, -0.2) is 4.79 Å². The SMILES string of the molecule is O=C(O)/C=C/c1ccsc1C(=O)NC1CCOCC1. The summed E-state index contributed by atoms with van der Waals surface area (Å²) in [5.41, 5.74) is 0.636. The number of carbonyl (C=O) groups is 2. The molecule has 0 atom stereocenters. The third-order valence-electron chi connectivity index (χ3n) is 2.86. The van der Waals surface area contributed by atoms with E-state index in [1.807, 2.05) is 0 Å². The molecule has 1 aliphatic heterocycles. The van der Waals surface area contributed by atoms with Crippen molar-refractivity contribution in [1.29, 1.82) is 0 Å². The van der Waals surface area contributed by atoms with E-state index in [2.05, 4.69) is 5.32 Å². The highest BCUT2D eigenvalue weighted by Crippen LogP contribution is 2.19. The second-order valence-corrected chi connectivity index (χ2v) is 5.15. The Kier molecular flexibility index (Phi) is 4.70. The maximum absolute atomic E-state index is 12.1. The number of carboxylic acids is 1. The number of hydrogen-bond acceptors (Lipinski definition) is 4. The second kappa shape index (κ2) is 6.49. The first kappa shape index (κ1) is 13.8. The fraction of sp³-hybridized carbons (Fsp3) is 0.385. The number of amides is 1. The van der Waals surface area contributed by atoms with Crippen molar-refractivity contribution in [2.45, 2.75) is 18.9 Å². The van der Waals surface area contributed by atoms with Crippen LogP contribution in [-0.4, -0.2) is 36.2 Å². The summed E-state index contributed by atoms with van der Waals surface area (Å²) in [6.07, 6.45) is 4.11. The minimum Gasteiger partial charge on any atom is -0.478 e. The molecule has 0 aromatic carbocycles. The van der Waals surface area contributed by atoms with Crippen LogP contribution in [0, 0.1) is 0 Å². The molecule has 1 amide bonds. The highest BCUT2D eigenvalue weighted by atomic mass is 32.1. The zero-order chi connectivity index (χ0) is 13.7. The van der Waals surface area contributed by atoms with Gasteiger partial charge in [-0.3, -0.25) is 4.79 Å². The highest BCUT2D eigenvalue weighted by Gasteiger charge is 2.19. The minimum absolute atomic E-state index is 0.139. The highest BCUT2D eigenvalue weighted by molar-refractivity contribution is 7.12. The summed E-state index contributed by atoms with van der Waals surface area (Å²) in [5, 5.41) is 13.3. The third kappa shape index (κ3) is 3.90. The van der Waals surface area contributed by atoms with Gasteiger partial charge in [0.25, 0.3) is 5.91 Å². The van der Waals surface area contributed by atoms with Gasteiger partial charge in [0.1, 0.15) is 0 Å². The van der Waals surface area contributed by atoms with Crippen molar-refractivity contribution in [3.63, 3.8) is 0 Å². The van der Waals surface area contributed by atoms with Crippen molar-refractivity contribution >= 4 is 29.3 Å². The van der Waals surface area contributed by atoms with Crippen LogP contribution in [0.5, 0.6) is 0 Å². The van der Waals surface area contributed by atoms with E-state index in [0.29, 0.717) is 23.7 Å². The maximum atomic E-state index is 12.1. The molecule has 0 aliphatic carbocycles. The third-order valence-corrected chi connectivity index (χ3v) is 3.79. The molecule has 1 fully saturated rings. The van der Waals surface area contributed by atoms with Gasteiger partial charge in [0, 0.05) is 25.3 Å². The Hall–Kier alpha value is -1.66. The van der Waals surface area contributed by atoms with Crippen LogP contribution in [0.15, 0.2) is 17.5 Å². The zero-order valence-corrected chi connectivity index (χ0v) is 11.1. The van der Waals surface area contributed by atoms with E-state index in [1.54, 1.807) is 11.4 Å². The van der Waals surface area contributed by atoms with Gasteiger partial charge < -0.3 is 15.2 Å². The molecule has 6 heteroatoms. The maximum Gasteiger partial charge on any atom is 0.328 e. The number of aliphatic carboxylic acids is 1. The Morgan fingerprint density at radius 2 is 2.16 bits per heavy atom. The Morgan fingerprint density at radius 1 is 1.42 bits per heavy atom. The molecule has 19 heavy (non-hydrogen) atoms. The predicted molar refractivity (Wildman–Crippen MR) is 72.3 cm³/mol. The molecule has 2 heterocycles. The molecule has 102 valence electrons. The van der Waals surface area contributed by atoms with Gasteiger partial charge in [0.2, 0.25) is 0 Å². The van der Waals surface area contributed by atoms with E-state index < -0.39 is 5.97 Å². The first-order valence-corrected chi connectivity index (χ1v) is 6.92. The van der Waals surface area contributed by atoms with Crippen molar-refractivity contribution in [2.75, 3.05) is 13.2 Å². The lowest BCUT2D eigenvalue weighted by Crippen LogP contribution is -2.38. The van der Waals surface area contributed by atoms with E-state index in [0.717, 1.165) is 18.9 Å². The van der Waals surface area contributed by atoms with E-state index in [-0.39, 0.29) is 11.9 Å². The van der Waals surface area contributed by atoms with Crippen molar-refractivity contribution in [3.05, 3.63) is 28.0 Å². The fourth-order valence-corrected chi connectivity index (χ4v) is 2.68. The average Bonchev–Trinajstić information content (AvgIpc) is 2.86. The first-order chi connectivity index (χ1) is 9.16. The molecule has 0 radical (unpaired) electrons. The van der Waals surface area contributed by atoms with Crippen LogP contribution in [-0.2, 0) is 9.53 Å². The molecular formula is C13H15NO4S. The van der Waals surface area contributed by atoms with Crippen LogP contribution in [0.25, 0.3) is 6.08 Å². The summed E-state index contributed by atoms with van der Waals surface area (Å²) < 4.78 is 5.24. The van der Waals surface area contributed by atoms with E-state index in [9.17, 15) is 9.59 Å². The predicted octanol–water partition coefficient (Wildman–Crippen LogP) is 1.75. The minimum atomic E-state index is -1.03. The molecule has 0 saturated carbocycles. The summed E-state index contributed by atoms with van der Waals surface area (Å²) in [5.74, 6) is -1.17. The Balaban J connectivity index is 2.02. The van der Waals surface area contributed by atoms with Crippen LogP contribution < -0.4 is 5.32 Å². The Morgan fingerprint density at radius 3 is 2.84 bits per heavy atom. The summed E-state index contributed by atoms with van der Waals surface area (Å²) in [6, 6.07) is 1.88. The largest absolute Gasteiger partial charge is 0.478 e. The number of ether oxygens (including phenoxy) is 1. The molecule has 0 spiro atoms. The van der Waals surface area contributed by atoms with Gasteiger partial charge in [-0.15, -0.1) is 11.3 Å². The van der Waals surface area contributed by atoms with Gasteiger partial charge in [-0.2, -0.15) is 0 Å². The van der Waals surface area contributed by atoms with E-state index >= 15 is 0 Å². The zero-order valence-electron chi connectivity index (χ0n) is 10.3. The molecule has 1 aromatic heterocycles. The van der Waals surface area contributed by atoms with Crippen LogP contribution in [0.3, 0.4) is 0 Å². The summed E-state index contributed by atoms with van der Waals surface area (Å²) in [7, 11) is 0. The van der Waals surface area contributed by atoms with Crippen LogP contribution >= 0.6 is 11.3 Å². The number of carbonyl (C=O) groups excluding carboxylic acids is 1. The molecule has 0 unspecified atom stereocenters. The topological polar surface area (TPSA) is 75.6 Å². The van der Waals surface area contributed by atoms with Crippen molar-refractivity contribution in [1.82, 2.24) is 5.32 Å². The van der Waals surface area contributed by atoms with Gasteiger partial charge in [-0.05, 0) is 35.9 Å². The molecule has 0 bridgehead atoms. The number of thiophene rings is 1.